The minimum absolute atomic E-state index is 0.379. The van der Waals surface area contributed by atoms with Crippen LogP contribution in [-0.2, 0) is 13.0 Å². The first kappa shape index (κ1) is 18.3. The fourth-order valence-corrected chi connectivity index (χ4v) is 3.23. The van der Waals surface area contributed by atoms with Crippen LogP contribution in [0.15, 0.2) is 40.0 Å². The maximum atomic E-state index is 5.99. The molecule has 0 aliphatic carbocycles. The topological polar surface area (TPSA) is 88.2 Å². The molecule has 0 fully saturated rings. The Morgan fingerprint density at radius 1 is 1.35 bits per heavy atom. The highest BCUT2D eigenvalue weighted by Gasteiger charge is 2.09. The third-order valence-corrected chi connectivity index (χ3v) is 4.69. The van der Waals surface area contributed by atoms with Gasteiger partial charge in [-0.25, -0.2) is 4.98 Å². The number of benzene rings is 1. The van der Waals surface area contributed by atoms with Gasteiger partial charge < -0.3 is 15.2 Å². The molecule has 136 valence electrons. The van der Waals surface area contributed by atoms with Crippen molar-refractivity contribution in [1.29, 1.82) is 0 Å². The molecule has 1 aromatic carbocycles. The van der Waals surface area contributed by atoms with Crippen LogP contribution >= 0.6 is 22.9 Å². The molecular formula is C17H19ClN6OS. The molecule has 0 saturated carbocycles. The van der Waals surface area contributed by atoms with Crippen LogP contribution in [0.3, 0.4) is 0 Å². The Morgan fingerprint density at radius 3 is 2.96 bits per heavy atom. The van der Waals surface area contributed by atoms with E-state index in [2.05, 4.69) is 37.7 Å². The summed E-state index contributed by atoms with van der Waals surface area (Å²) in [6.07, 6.45) is 2.73. The van der Waals surface area contributed by atoms with Gasteiger partial charge in [-0.1, -0.05) is 28.9 Å². The fourth-order valence-electron chi connectivity index (χ4n) is 2.26. The molecule has 0 bridgehead atoms. The Morgan fingerprint density at radius 2 is 2.23 bits per heavy atom. The summed E-state index contributed by atoms with van der Waals surface area (Å²) >= 11 is 7.70. The molecule has 3 rings (SSSR count). The lowest BCUT2D eigenvalue weighted by molar-refractivity contribution is 0.375. The van der Waals surface area contributed by atoms with Crippen molar-refractivity contribution in [3.63, 3.8) is 0 Å². The van der Waals surface area contributed by atoms with E-state index in [-0.39, 0.29) is 0 Å². The Balaban J connectivity index is 1.49. The van der Waals surface area contributed by atoms with Crippen LogP contribution in [0.4, 0.5) is 0 Å². The normalized spacial score (nSPS) is 11.6. The van der Waals surface area contributed by atoms with E-state index < -0.39 is 0 Å². The van der Waals surface area contributed by atoms with Crippen molar-refractivity contribution in [2.75, 3.05) is 13.6 Å². The largest absolute Gasteiger partial charge is 0.356 e. The first-order valence-electron chi connectivity index (χ1n) is 8.08. The van der Waals surface area contributed by atoms with E-state index in [0.29, 0.717) is 29.2 Å². The number of hydrogen-bond donors (Lipinski definition) is 2. The second-order valence-corrected chi connectivity index (χ2v) is 7.25. The van der Waals surface area contributed by atoms with Crippen LogP contribution in [0, 0.1) is 6.92 Å². The summed E-state index contributed by atoms with van der Waals surface area (Å²) in [7, 11) is 1.72. The van der Waals surface area contributed by atoms with Gasteiger partial charge in [0.15, 0.2) is 5.96 Å². The molecule has 9 heteroatoms. The summed E-state index contributed by atoms with van der Waals surface area (Å²) in [4.78, 5) is 14.1. The number of nitrogens with zero attached hydrogens (tertiary/aromatic N) is 4. The number of aryl methyl sites for hydroxylation is 1. The number of guanidine groups is 1. The van der Waals surface area contributed by atoms with E-state index in [1.807, 2.05) is 18.3 Å². The molecule has 0 atom stereocenters. The zero-order valence-electron chi connectivity index (χ0n) is 14.5. The lowest BCUT2D eigenvalue weighted by Crippen LogP contribution is -2.37. The molecule has 0 aliphatic rings. The van der Waals surface area contributed by atoms with Gasteiger partial charge in [-0.3, -0.25) is 4.99 Å². The van der Waals surface area contributed by atoms with E-state index in [1.54, 1.807) is 30.5 Å². The fraction of sp³-hybridized carbons (Fsp3) is 0.294. The average Bonchev–Trinajstić information content (AvgIpc) is 3.27. The quantitative estimate of drug-likeness (QED) is 0.496. The molecule has 2 aromatic heterocycles. The lowest BCUT2D eigenvalue weighted by Gasteiger charge is -2.09. The van der Waals surface area contributed by atoms with Crippen LogP contribution in [0.1, 0.15) is 15.8 Å². The van der Waals surface area contributed by atoms with Gasteiger partial charge in [0.25, 0.3) is 0 Å². The summed E-state index contributed by atoms with van der Waals surface area (Å²) in [5.74, 6) is 1.64. The second kappa shape index (κ2) is 8.77. The molecule has 0 saturated heterocycles. The van der Waals surface area contributed by atoms with E-state index in [9.17, 15) is 0 Å². The molecule has 7 nitrogen and oxygen atoms in total. The van der Waals surface area contributed by atoms with Crippen molar-refractivity contribution in [2.24, 2.45) is 4.99 Å². The van der Waals surface area contributed by atoms with E-state index in [0.717, 1.165) is 23.5 Å². The predicted molar refractivity (Wildman–Crippen MR) is 104 cm³/mol. The standard InChI is InChI=1S/C17H19ClN6OS/c1-11-9-21-15(26-11)6-7-20-17(19-2)22-10-14-23-16(24-25-14)12-4-3-5-13(18)8-12/h3-5,8-9H,6-7,10H2,1-2H3,(H2,19,20,22). The maximum absolute atomic E-state index is 5.99. The van der Waals surface area contributed by atoms with Crippen molar-refractivity contribution in [1.82, 2.24) is 25.8 Å². The summed E-state index contributed by atoms with van der Waals surface area (Å²) < 4.78 is 5.27. The summed E-state index contributed by atoms with van der Waals surface area (Å²) in [5, 5.41) is 12.1. The third kappa shape index (κ3) is 5.03. The van der Waals surface area contributed by atoms with Gasteiger partial charge >= 0.3 is 0 Å². The van der Waals surface area contributed by atoms with Crippen LogP contribution in [0.25, 0.3) is 11.4 Å². The Kier molecular flexibility index (Phi) is 6.19. The number of aliphatic imine (C=N–C) groups is 1. The highest BCUT2D eigenvalue weighted by Crippen LogP contribution is 2.19. The molecule has 3 aromatic rings. The number of hydrogen-bond acceptors (Lipinski definition) is 6. The highest BCUT2D eigenvalue weighted by atomic mass is 35.5. The Bertz CT molecular complexity index is 891. The SMILES string of the molecule is CN=C(NCCc1ncc(C)s1)NCc1nc(-c2cccc(Cl)c2)no1. The molecule has 0 aliphatic heterocycles. The first-order valence-corrected chi connectivity index (χ1v) is 9.28. The first-order chi connectivity index (χ1) is 12.6. The minimum atomic E-state index is 0.379. The molecule has 0 amide bonds. The van der Waals surface area contributed by atoms with Crippen LogP contribution < -0.4 is 10.6 Å². The third-order valence-electron chi connectivity index (χ3n) is 3.48. The maximum Gasteiger partial charge on any atom is 0.246 e. The molecule has 2 N–H and O–H groups in total. The zero-order chi connectivity index (χ0) is 18.4. The van der Waals surface area contributed by atoms with Gasteiger partial charge in [0.05, 0.1) is 11.6 Å². The Hall–Kier alpha value is -2.45. The van der Waals surface area contributed by atoms with E-state index in [1.165, 1.54) is 4.88 Å². The molecule has 0 unspecified atom stereocenters. The van der Waals surface area contributed by atoms with Gasteiger partial charge in [0.2, 0.25) is 11.7 Å². The number of halogens is 1. The van der Waals surface area contributed by atoms with Crippen molar-refractivity contribution >= 4 is 28.9 Å². The zero-order valence-corrected chi connectivity index (χ0v) is 16.1. The Labute approximate surface area is 160 Å². The predicted octanol–water partition coefficient (Wildman–Crippen LogP) is 3.06. The second-order valence-electron chi connectivity index (χ2n) is 5.49. The van der Waals surface area contributed by atoms with Crippen molar-refractivity contribution in [2.45, 2.75) is 19.9 Å². The smallest absolute Gasteiger partial charge is 0.246 e. The summed E-state index contributed by atoms with van der Waals surface area (Å²) in [6, 6.07) is 7.33. The average molecular weight is 391 g/mol. The van der Waals surface area contributed by atoms with Gasteiger partial charge in [0, 0.05) is 41.7 Å². The molecule has 0 spiro atoms. The van der Waals surface area contributed by atoms with E-state index >= 15 is 0 Å². The van der Waals surface area contributed by atoms with Crippen LogP contribution in [0.5, 0.6) is 0 Å². The number of rotatable bonds is 6. The monoisotopic (exact) mass is 390 g/mol. The summed E-state index contributed by atoms with van der Waals surface area (Å²) in [5.41, 5.74) is 0.814. The van der Waals surface area contributed by atoms with Gasteiger partial charge in [0.1, 0.15) is 0 Å². The number of thiazole rings is 1. The van der Waals surface area contributed by atoms with Gasteiger partial charge in [-0.15, -0.1) is 11.3 Å². The van der Waals surface area contributed by atoms with Gasteiger partial charge in [-0.2, -0.15) is 4.98 Å². The minimum Gasteiger partial charge on any atom is -0.356 e. The van der Waals surface area contributed by atoms with Crippen LogP contribution in [0.2, 0.25) is 5.02 Å². The van der Waals surface area contributed by atoms with Crippen molar-refractivity contribution in [3.8, 4) is 11.4 Å². The number of nitrogens with one attached hydrogen (secondary N) is 2. The molecule has 26 heavy (non-hydrogen) atoms. The lowest BCUT2D eigenvalue weighted by atomic mass is 10.2. The molecular weight excluding hydrogens is 372 g/mol. The van der Waals surface area contributed by atoms with Crippen LogP contribution in [-0.4, -0.2) is 34.7 Å². The highest BCUT2D eigenvalue weighted by molar-refractivity contribution is 7.11. The van der Waals surface area contributed by atoms with Gasteiger partial charge in [-0.05, 0) is 19.1 Å². The van der Waals surface area contributed by atoms with Crippen molar-refractivity contribution < 1.29 is 4.52 Å². The summed E-state index contributed by atoms with van der Waals surface area (Å²) in [6.45, 7) is 3.17. The number of aromatic nitrogens is 3. The molecule has 2 heterocycles. The van der Waals surface area contributed by atoms with E-state index in [4.69, 9.17) is 16.1 Å². The molecule has 0 radical (unpaired) electrons. The van der Waals surface area contributed by atoms with Crippen molar-refractivity contribution in [3.05, 3.63) is 51.3 Å².